The van der Waals surface area contributed by atoms with E-state index in [9.17, 15) is 0 Å². The van der Waals surface area contributed by atoms with E-state index in [0.29, 0.717) is 12.6 Å². The van der Waals surface area contributed by atoms with Crippen molar-refractivity contribution in [2.45, 2.75) is 26.3 Å². The Bertz CT molecular complexity index is 521. The number of aryl methyl sites for hydroxylation is 1. The van der Waals surface area contributed by atoms with E-state index in [-0.39, 0.29) is 0 Å². The molecule has 1 atom stereocenters. The normalized spacial score (nSPS) is 13.4. The van der Waals surface area contributed by atoms with E-state index >= 15 is 0 Å². The van der Waals surface area contributed by atoms with Crippen LogP contribution in [0.2, 0.25) is 0 Å². The fourth-order valence-electron chi connectivity index (χ4n) is 1.95. The van der Waals surface area contributed by atoms with Crippen LogP contribution in [0.15, 0.2) is 22.6 Å². The Morgan fingerprint density at radius 3 is 2.94 bits per heavy atom. The lowest BCUT2D eigenvalue weighted by Crippen LogP contribution is -2.36. The van der Waals surface area contributed by atoms with Gasteiger partial charge in [-0.1, -0.05) is 6.07 Å². The van der Waals surface area contributed by atoms with Gasteiger partial charge in [-0.3, -0.25) is 0 Å². The molecule has 98 valence electrons. The van der Waals surface area contributed by atoms with Crippen LogP contribution in [0, 0.1) is 6.92 Å². The Kier molecular flexibility index (Phi) is 3.99. The zero-order valence-corrected chi connectivity index (χ0v) is 11.3. The Morgan fingerprint density at radius 1 is 1.44 bits per heavy atom. The summed E-state index contributed by atoms with van der Waals surface area (Å²) in [5, 5.41) is 0. The summed E-state index contributed by atoms with van der Waals surface area (Å²) in [5.74, 6) is 0.719. The summed E-state index contributed by atoms with van der Waals surface area (Å²) in [6.45, 7) is 5.71. The highest BCUT2D eigenvalue weighted by Crippen LogP contribution is 2.17. The van der Waals surface area contributed by atoms with Crippen molar-refractivity contribution in [1.29, 1.82) is 0 Å². The quantitative estimate of drug-likeness (QED) is 0.877. The molecule has 1 aromatic carbocycles. The predicted molar refractivity (Wildman–Crippen MR) is 73.6 cm³/mol. The average molecular weight is 247 g/mol. The third kappa shape index (κ3) is 2.89. The number of nitrogens with zero attached hydrogens (tertiary/aromatic N) is 2. The molecule has 18 heavy (non-hydrogen) atoms. The second-order valence-corrected chi connectivity index (χ2v) is 4.85. The van der Waals surface area contributed by atoms with Gasteiger partial charge in [-0.15, -0.1) is 0 Å². The topological polar surface area (TPSA) is 55.3 Å². The molecule has 0 saturated carbocycles. The summed E-state index contributed by atoms with van der Waals surface area (Å²) in [7, 11) is 2.11. The van der Waals surface area contributed by atoms with Gasteiger partial charge in [0.1, 0.15) is 5.52 Å². The van der Waals surface area contributed by atoms with Crippen molar-refractivity contribution in [3.8, 4) is 0 Å². The van der Waals surface area contributed by atoms with Crippen molar-refractivity contribution in [3.63, 3.8) is 0 Å². The van der Waals surface area contributed by atoms with Gasteiger partial charge in [0.15, 0.2) is 11.5 Å². The van der Waals surface area contributed by atoms with Crippen LogP contribution in [0.1, 0.15) is 18.4 Å². The summed E-state index contributed by atoms with van der Waals surface area (Å²) >= 11 is 0. The number of hydrogen-bond donors (Lipinski definition) is 1. The fraction of sp³-hybridized carbons (Fsp3) is 0.500. The molecule has 2 N–H and O–H groups in total. The molecular weight excluding hydrogens is 226 g/mol. The van der Waals surface area contributed by atoms with Crippen molar-refractivity contribution in [1.82, 2.24) is 9.88 Å². The van der Waals surface area contributed by atoms with E-state index in [1.54, 1.807) is 0 Å². The molecule has 1 heterocycles. The Morgan fingerprint density at radius 2 is 2.22 bits per heavy atom. The molecule has 0 fully saturated rings. The highest BCUT2D eigenvalue weighted by atomic mass is 16.3. The molecule has 0 aliphatic heterocycles. The summed E-state index contributed by atoms with van der Waals surface area (Å²) < 4.78 is 5.47. The Balaban J connectivity index is 2.03. The summed E-state index contributed by atoms with van der Waals surface area (Å²) in [4.78, 5) is 6.63. The van der Waals surface area contributed by atoms with Gasteiger partial charge in [0.25, 0.3) is 0 Å². The second kappa shape index (κ2) is 5.50. The molecule has 1 aromatic heterocycles. The number of fused-ring (bicyclic) bond motifs is 1. The van der Waals surface area contributed by atoms with Gasteiger partial charge >= 0.3 is 0 Å². The number of benzene rings is 1. The SMILES string of the molecule is Cc1nc2cc(CCN(C)C(C)CN)ccc2o1. The van der Waals surface area contributed by atoms with Crippen LogP contribution in [0.3, 0.4) is 0 Å². The molecular formula is C14H21N3O. The van der Waals surface area contributed by atoms with Crippen LogP contribution in [0.5, 0.6) is 0 Å². The van der Waals surface area contributed by atoms with Crippen molar-refractivity contribution in [2.24, 2.45) is 5.73 Å². The zero-order chi connectivity index (χ0) is 13.1. The van der Waals surface area contributed by atoms with E-state index < -0.39 is 0 Å². The van der Waals surface area contributed by atoms with Crippen molar-refractivity contribution >= 4 is 11.1 Å². The molecule has 0 amide bonds. The van der Waals surface area contributed by atoms with Gasteiger partial charge in [0, 0.05) is 26.1 Å². The highest BCUT2D eigenvalue weighted by Gasteiger charge is 2.08. The maximum Gasteiger partial charge on any atom is 0.192 e. The molecule has 2 aromatic rings. The number of nitrogens with two attached hydrogens (primary N) is 1. The van der Waals surface area contributed by atoms with Gasteiger partial charge in [-0.2, -0.15) is 0 Å². The van der Waals surface area contributed by atoms with Crippen LogP contribution < -0.4 is 5.73 Å². The first-order valence-electron chi connectivity index (χ1n) is 6.36. The van der Waals surface area contributed by atoms with Crippen molar-refractivity contribution < 1.29 is 4.42 Å². The van der Waals surface area contributed by atoms with Gasteiger partial charge in [-0.25, -0.2) is 4.98 Å². The molecule has 1 unspecified atom stereocenters. The van der Waals surface area contributed by atoms with Gasteiger partial charge < -0.3 is 15.1 Å². The molecule has 0 aliphatic carbocycles. The van der Waals surface area contributed by atoms with Crippen molar-refractivity contribution in [2.75, 3.05) is 20.1 Å². The van der Waals surface area contributed by atoms with Crippen LogP contribution in [0.4, 0.5) is 0 Å². The summed E-state index contributed by atoms with van der Waals surface area (Å²) in [6.07, 6.45) is 1.00. The Labute approximate surface area is 108 Å². The van der Waals surface area contributed by atoms with E-state index in [0.717, 1.165) is 30.0 Å². The van der Waals surface area contributed by atoms with Crippen molar-refractivity contribution in [3.05, 3.63) is 29.7 Å². The maximum absolute atomic E-state index is 5.65. The lowest BCUT2D eigenvalue weighted by atomic mass is 10.1. The van der Waals surface area contributed by atoms with Crippen LogP contribution in [-0.2, 0) is 6.42 Å². The minimum absolute atomic E-state index is 0.419. The smallest absolute Gasteiger partial charge is 0.192 e. The minimum Gasteiger partial charge on any atom is -0.441 e. The largest absolute Gasteiger partial charge is 0.441 e. The molecule has 4 nitrogen and oxygen atoms in total. The van der Waals surface area contributed by atoms with E-state index in [1.807, 2.05) is 13.0 Å². The highest BCUT2D eigenvalue weighted by molar-refractivity contribution is 5.73. The van der Waals surface area contributed by atoms with Gasteiger partial charge in [0.05, 0.1) is 0 Å². The number of rotatable bonds is 5. The van der Waals surface area contributed by atoms with Crippen LogP contribution in [0.25, 0.3) is 11.1 Å². The molecule has 0 saturated heterocycles. The monoisotopic (exact) mass is 247 g/mol. The lowest BCUT2D eigenvalue weighted by molar-refractivity contribution is 0.266. The lowest BCUT2D eigenvalue weighted by Gasteiger charge is -2.23. The molecule has 2 rings (SSSR count). The molecule has 0 spiro atoms. The first-order chi connectivity index (χ1) is 8.60. The molecule has 0 aliphatic rings. The number of likely N-dealkylation sites (N-methyl/N-ethyl adjacent to an activating group) is 1. The molecule has 0 bridgehead atoms. The Hall–Kier alpha value is -1.39. The molecule has 4 heteroatoms. The van der Waals surface area contributed by atoms with Gasteiger partial charge in [-0.05, 0) is 38.1 Å². The maximum atomic E-state index is 5.65. The van der Waals surface area contributed by atoms with E-state index in [2.05, 4.69) is 36.0 Å². The molecule has 0 radical (unpaired) electrons. The van der Waals surface area contributed by atoms with E-state index in [4.69, 9.17) is 10.2 Å². The average Bonchev–Trinajstić information content (AvgIpc) is 2.74. The van der Waals surface area contributed by atoms with Gasteiger partial charge in [0.2, 0.25) is 0 Å². The predicted octanol–water partition coefficient (Wildman–Crippen LogP) is 1.96. The number of aromatic nitrogens is 1. The standard InChI is InChI=1S/C14H21N3O/c1-10(9-15)17(3)7-6-12-4-5-14-13(8-12)16-11(2)18-14/h4-5,8,10H,6-7,9,15H2,1-3H3. The zero-order valence-electron chi connectivity index (χ0n) is 11.3. The first-order valence-corrected chi connectivity index (χ1v) is 6.36. The third-order valence-corrected chi connectivity index (χ3v) is 3.41. The minimum atomic E-state index is 0.419. The third-order valence-electron chi connectivity index (χ3n) is 3.41. The van der Waals surface area contributed by atoms with E-state index in [1.165, 1.54) is 5.56 Å². The number of oxazole rings is 1. The van der Waals surface area contributed by atoms with Crippen LogP contribution >= 0.6 is 0 Å². The van der Waals surface area contributed by atoms with Crippen LogP contribution in [-0.4, -0.2) is 36.1 Å². The second-order valence-electron chi connectivity index (χ2n) is 4.85. The first kappa shape index (κ1) is 13.1. The summed E-state index contributed by atoms with van der Waals surface area (Å²) in [5.41, 5.74) is 8.74. The fourth-order valence-corrected chi connectivity index (χ4v) is 1.95. The summed E-state index contributed by atoms with van der Waals surface area (Å²) in [6, 6.07) is 6.63. The number of hydrogen-bond acceptors (Lipinski definition) is 4.